The molecule has 2 atom stereocenters. The zero-order valence-corrected chi connectivity index (χ0v) is 20.1. The zero-order valence-electron chi connectivity index (χ0n) is 20.1. The van der Waals surface area contributed by atoms with Crippen molar-refractivity contribution in [3.05, 3.63) is 59.7 Å². The van der Waals surface area contributed by atoms with Crippen molar-refractivity contribution in [1.29, 1.82) is 0 Å². The minimum atomic E-state index is -2.90. The number of ether oxygens (including phenoxy) is 2. The van der Waals surface area contributed by atoms with Gasteiger partial charge in [0.1, 0.15) is 5.75 Å². The number of rotatable bonds is 9. The van der Waals surface area contributed by atoms with Gasteiger partial charge in [0.05, 0.1) is 18.3 Å². The Morgan fingerprint density at radius 2 is 1.78 bits per heavy atom. The number of carboxylic acid groups (broad SMARTS) is 1. The lowest BCUT2D eigenvalue weighted by Gasteiger charge is -2.38. The van der Waals surface area contributed by atoms with Crippen molar-refractivity contribution in [2.75, 3.05) is 4.90 Å². The highest BCUT2D eigenvalue weighted by molar-refractivity contribution is 5.86. The molecular formula is C27H28F2N4O4. The topological polar surface area (TPSA) is 101 Å². The Kier molecular flexibility index (Phi) is 6.27. The smallest absolute Gasteiger partial charge is 0.387 e. The molecule has 0 radical (unpaired) electrons. The van der Waals surface area contributed by atoms with E-state index in [2.05, 4.69) is 19.9 Å². The molecule has 2 aliphatic heterocycles. The number of hydrogen-bond donors (Lipinski definition) is 2. The van der Waals surface area contributed by atoms with Crippen LogP contribution in [0, 0.1) is 0 Å². The van der Waals surface area contributed by atoms with Crippen molar-refractivity contribution in [2.45, 2.75) is 75.8 Å². The van der Waals surface area contributed by atoms with E-state index in [4.69, 9.17) is 14.6 Å². The zero-order chi connectivity index (χ0) is 25.5. The largest absolute Gasteiger partial charge is 0.478 e. The highest BCUT2D eigenvalue weighted by atomic mass is 19.3. The Morgan fingerprint density at radius 3 is 2.43 bits per heavy atom. The molecule has 3 aliphatic rings. The summed E-state index contributed by atoms with van der Waals surface area (Å²) in [4.78, 5) is 25.4. The van der Waals surface area contributed by atoms with Crippen LogP contribution in [0.1, 0.15) is 66.1 Å². The van der Waals surface area contributed by atoms with Crippen molar-refractivity contribution in [3.8, 4) is 16.9 Å². The number of nitrogens with one attached hydrogen (secondary N) is 1. The molecule has 2 unspecified atom stereocenters. The number of para-hydroxylation sites is 1. The molecule has 194 valence electrons. The number of carboxylic acids is 1. The number of benzene rings is 1. The number of halogens is 2. The van der Waals surface area contributed by atoms with Crippen molar-refractivity contribution in [1.82, 2.24) is 15.0 Å². The van der Waals surface area contributed by atoms with Gasteiger partial charge in [-0.25, -0.2) is 14.8 Å². The number of H-pyrrole nitrogens is 1. The number of aromatic carboxylic acids is 1. The predicted molar refractivity (Wildman–Crippen MR) is 131 cm³/mol. The molecule has 1 aliphatic carbocycles. The summed E-state index contributed by atoms with van der Waals surface area (Å²) in [5, 5.41) is 9.13. The first-order valence-electron chi connectivity index (χ1n) is 12.7. The van der Waals surface area contributed by atoms with Crippen molar-refractivity contribution in [3.63, 3.8) is 0 Å². The second kappa shape index (κ2) is 9.74. The number of anilines is 1. The fourth-order valence-corrected chi connectivity index (χ4v) is 5.85. The molecule has 0 amide bonds. The number of nitrogens with zero attached hydrogens (tertiary/aromatic N) is 3. The van der Waals surface area contributed by atoms with E-state index in [9.17, 15) is 13.6 Å². The Morgan fingerprint density at radius 1 is 1.08 bits per heavy atom. The van der Waals surface area contributed by atoms with Crippen LogP contribution in [0.4, 0.5) is 14.7 Å². The monoisotopic (exact) mass is 510 g/mol. The number of alkyl halides is 2. The van der Waals surface area contributed by atoms with Crippen LogP contribution in [0.3, 0.4) is 0 Å². The number of aromatic amines is 1. The number of piperidine rings is 1. The molecule has 2 saturated heterocycles. The third-order valence-electron chi connectivity index (χ3n) is 7.67. The van der Waals surface area contributed by atoms with E-state index in [1.807, 2.05) is 12.3 Å². The van der Waals surface area contributed by atoms with Crippen LogP contribution < -0.4 is 9.64 Å². The summed E-state index contributed by atoms with van der Waals surface area (Å²) in [7, 11) is 0. The van der Waals surface area contributed by atoms with Crippen molar-refractivity contribution >= 4 is 11.9 Å². The maximum atomic E-state index is 13.0. The van der Waals surface area contributed by atoms with E-state index >= 15 is 0 Å². The van der Waals surface area contributed by atoms with E-state index < -0.39 is 12.6 Å². The SMILES string of the molecule is O=C(O)c1cnc(N2C3CCC2CC(OCc2c(-c4ccccc4OC(F)F)c[nH]c2C2CC2)C3)nc1. The average Bonchev–Trinajstić information content (AvgIpc) is 3.59. The quantitative estimate of drug-likeness (QED) is 0.399. The van der Waals surface area contributed by atoms with Crippen molar-refractivity contribution < 1.29 is 28.2 Å². The lowest BCUT2D eigenvalue weighted by atomic mass is 9.99. The maximum absolute atomic E-state index is 13.0. The maximum Gasteiger partial charge on any atom is 0.387 e. The van der Waals surface area contributed by atoms with Crippen LogP contribution in [0.25, 0.3) is 11.1 Å². The molecule has 1 saturated carbocycles. The molecule has 3 fully saturated rings. The van der Waals surface area contributed by atoms with Gasteiger partial charge in [0.25, 0.3) is 0 Å². The third kappa shape index (κ3) is 4.77. The fourth-order valence-electron chi connectivity index (χ4n) is 5.85. The molecule has 0 spiro atoms. The molecule has 3 aromatic rings. The summed E-state index contributed by atoms with van der Waals surface area (Å²) in [6.07, 6.45) is 10.5. The van der Waals surface area contributed by atoms with E-state index in [1.165, 1.54) is 12.4 Å². The summed E-state index contributed by atoms with van der Waals surface area (Å²) < 4.78 is 37.4. The Labute approximate surface area is 212 Å². The van der Waals surface area contributed by atoms with E-state index in [0.29, 0.717) is 24.0 Å². The normalized spacial score (nSPS) is 23.0. The van der Waals surface area contributed by atoms with Gasteiger partial charge in [-0.15, -0.1) is 0 Å². The van der Waals surface area contributed by atoms with E-state index in [0.717, 1.165) is 55.3 Å². The van der Waals surface area contributed by atoms with Gasteiger partial charge in [-0.05, 0) is 50.5 Å². The summed E-state index contributed by atoms with van der Waals surface area (Å²) in [6, 6.07) is 7.33. The number of fused-ring (bicyclic) bond motifs is 2. The van der Waals surface area contributed by atoms with Crippen LogP contribution in [-0.2, 0) is 11.3 Å². The minimum Gasteiger partial charge on any atom is -0.478 e. The van der Waals surface area contributed by atoms with Crippen LogP contribution >= 0.6 is 0 Å². The summed E-state index contributed by atoms with van der Waals surface area (Å²) in [6.45, 7) is -2.51. The standard InChI is InChI=1S/C27H28F2N4O4/c28-26(29)37-23-4-2-1-3-20(23)21-13-30-24(15-5-6-15)22(21)14-36-19-9-17-7-8-18(10-19)33(17)27-31-11-16(12-32-27)25(34)35/h1-4,11-13,15,17-19,26,30H,5-10,14H2,(H,34,35). The average molecular weight is 511 g/mol. The van der Waals surface area contributed by atoms with Gasteiger partial charge < -0.3 is 24.5 Å². The second-order valence-electron chi connectivity index (χ2n) is 10.0. The van der Waals surface area contributed by atoms with Crippen LogP contribution in [0.15, 0.2) is 42.9 Å². The number of carbonyl (C=O) groups is 1. The summed E-state index contributed by atoms with van der Waals surface area (Å²) in [5.74, 6) is 0.120. The minimum absolute atomic E-state index is 0.0504. The molecule has 8 nitrogen and oxygen atoms in total. The molecule has 6 rings (SSSR count). The molecular weight excluding hydrogens is 482 g/mol. The third-order valence-corrected chi connectivity index (χ3v) is 7.67. The van der Waals surface area contributed by atoms with Gasteiger partial charge in [-0.2, -0.15) is 8.78 Å². The predicted octanol–water partition coefficient (Wildman–Crippen LogP) is 5.37. The first-order valence-corrected chi connectivity index (χ1v) is 12.7. The van der Waals surface area contributed by atoms with Crippen LogP contribution in [-0.4, -0.2) is 50.8 Å². The Hall–Kier alpha value is -3.53. The lowest BCUT2D eigenvalue weighted by Crippen LogP contribution is -2.46. The first kappa shape index (κ1) is 23.8. The van der Waals surface area contributed by atoms with E-state index in [1.54, 1.807) is 18.2 Å². The van der Waals surface area contributed by atoms with Crippen LogP contribution in [0.2, 0.25) is 0 Å². The number of aromatic nitrogens is 3. The highest BCUT2D eigenvalue weighted by Gasteiger charge is 2.42. The highest BCUT2D eigenvalue weighted by Crippen LogP contribution is 2.46. The van der Waals surface area contributed by atoms with Gasteiger partial charge >= 0.3 is 12.6 Å². The molecule has 2 aromatic heterocycles. The molecule has 2 N–H and O–H groups in total. The van der Waals surface area contributed by atoms with Gasteiger partial charge in [0.2, 0.25) is 5.95 Å². The van der Waals surface area contributed by atoms with Gasteiger partial charge in [0, 0.05) is 53.1 Å². The Balaban J connectivity index is 1.19. The first-order chi connectivity index (χ1) is 18.0. The van der Waals surface area contributed by atoms with E-state index in [-0.39, 0.29) is 29.5 Å². The van der Waals surface area contributed by atoms with Crippen molar-refractivity contribution in [2.24, 2.45) is 0 Å². The summed E-state index contributed by atoms with van der Waals surface area (Å²) >= 11 is 0. The fraction of sp³-hybridized carbons (Fsp3) is 0.444. The molecule has 2 bridgehead atoms. The molecule has 4 heterocycles. The molecule has 1 aromatic carbocycles. The second-order valence-corrected chi connectivity index (χ2v) is 10.0. The van der Waals surface area contributed by atoms with Gasteiger partial charge in [-0.3, -0.25) is 0 Å². The lowest BCUT2D eigenvalue weighted by molar-refractivity contribution is -0.0494. The van der Waals surface area contributed by atoms with Crippen LogP contribution in [0.5, 0.6) is 5.75 Å². The Bertz CT molecular complexity index is 1260. The van der Waals surface area contributed by atoms with Gasteiger partial charge in [-0.1, -0.05) is 18.2 Å². The molecule has 37 heavy (non-hydrogen) atoms. The van der Waals surface area contributed by atoms with Gasteiger partial charge in [0.15, 0.2) is 0 Å². The number of hydrogen-bond acceptors (Lipinski definition) is 6. The summed E-state index contributed by atoms with van der Waals surface area (Å²) in [5.41, 5.74) is 3.67. The molecule has 10 heteroatoms.